The molecule has 1 aromatic carbocycles. The highest BCUT2D eigenvalue weighted by atomic mass is 16.6. The average molecular weight is 413 g/mol. The van der Waals surface area contributed by atoms with Crippen LogP contribution in [0, 0.1) is 5.92 Å². The smallest absolute Gasteiger partial charge is 0.410 e. The topological polar surface area (TPSA) is 78.5 Å². The van der Waals surface area contributed by atoms with E-state index >= 15 is 0 Å². The van der Waals surface area contributed by atoms with E-state index in [0.717, 1.165) is 36.2 Å². The van der Waals surface area contributed by atoms with Gasteiger partial charge in [-0.15, -0.1) is 0 Å². The standard InChI is InChI=1S/C23H32N4O3/c1-23(2,3)30-22(29)26-13-10-16(11-14-26)21(28)27-12-6-7-17(15-27)20-24-18-8-4-5-9-19(18)25-20/h4-5,8-9,16-17H,6-7,10-15H2,1-3H3,(H,24,25). The Bertz CT molecular complexity index is 876. The summed E-state index contributed by atoms with van der Waals surface area (Å²) in [6, 6.07) is 8.05. The van der Waals surface area contributed by atoms with Crippen molar-refractivity contribution in [2.45, 2.75) is 58.0 Å². The maximum absolute atomic E-state index is 13.2. The zero-order valence-corrected chi connectivity index (χ0v) is 18.2. The van der Waals surface area contributed by atoms with Crippen LogP contribution in [0.3, 0.4) is 0 Å². The first-order valence-electron chi connectivity index (χ1n) is 11.0. The van der Waals surface area contributed by atoms with Crippen LogP contribution >= 0.6 is 0 Å². The molecule has 7 nitrogen and oxygen atoms in total. The van der Waals surface area contributed by atoms with Crippen molar-refractivity contribution in [1.82, 2.24) is 19.8 Å². The van der Waals surface area contributed by atoms with Gasteiger partial charge in [0, 0.05) is 38.0 Å². The third-order valence-electron chi connectivity index (χ3n) is 6.02. The van der Waals surface area contributed by atoms with E-state index < -0.39 is 5.60 Å². The van der Waals surface area contributed by atoms with E-state index in [9.17, 15) is 9.59 Å². The van der Waals surface area contributed by atoms with Gasteiger partial charge in [-0.2, -0.15) is 0 Å². The molecule has 2 aliphatic rings. The molecule has 1 N–H and O–H groups in total. The molecule has 7 heteroatoms. The number of aromatic nitrogens is 2. The van der Waals surface area contributed by atoms with Crippen molar-refractivity contribution in [1.29, 1.82) is 0 Å². The third kappa shape index (κ3) is 4.60. The fourth-order valence-corrected chi connectivity index (χ4v) is 4.46. The van der Waals surface area contributed by atoms with Gasteiger partial charge < -0.3 is 19.5 Å². The van der Waals surface area contributed by atoms with E-state index in [2.05, 4.69) is 4.98 Å². The van der Waals surface area contributed by atoms with Crippen LogP contribution in [0.4, 0.5) is 4.79 Å². The molecule has 30 heavy (non-hydrogen) atoms. The normalized spacial score (nSPS) is 21.1. The number of likely N-dealkylation sites (tertiary alicyclic amines) is 2. The Labute approximate surface area is 177 Å². The molecule has 1 unspecified atom stereocenters. The third-order valence-corrected chi connectivity index (χ3v) is 6.02. The molecule has 0 saturated carbocycles. The van der Waals surface area contributed by atoms with E-state index in [1.54, 1.807) is 4.90 Å². The number of nitrogens with one attached hydrogen (secondary N) is 1. The number of hydrogen-bond donors (Lipinski definition) is 1. The fraction of sp³-hybridized carbons (Fsp3) is 0.609. The quantitative estimate of drug-likeness (QED) is 0.811. The summed E-state index contributed by atoms with van der Waals surface area (Å²) in [4.78, 5) is 37.3. The van der Waals surface area contributed by atoms with E-state index in [4.69, 9.17) is 9.72 Å². The summed E-state index contributed by atoms with van der Waals surface area (Å²) in [6.07, 6.45) is 3.15. The Morgan fingerprint density at radius 2 is 1.80 bits per heavy atom. The number of hydrogen-bond acceptors (Lipinski definition) is 4. The van der Waals surface area contributed by atoms with Crippen LogP contribution in [0.5, 0.6) is 0 Å². The number of aromatic amines is 1. The Hall–Kier alpha value is -2.57. The molecule has 1 atom stereocenters. The van der Waals surface area contributed by atoms with Gasteiger partial charge in [-0.05, 0) is 58.6 Å². The van der Waals surface area contributed by atoms with Crippen molar-refractivity contribution < 1.29 is 14.3 Å². The molecule has 0 spiro atoms. The second-order valence-corrected chi connectivity index (χ2v) is 9.50. The van der Waals surface area contributed by atoms with Crippen LogP contribution in [0.1, 0.15) is 58.2 Å². The minimum Gasteiger partial charge on any atom is -0.444 e. The molecule has 2 amide bonds. The molecule has 162 valence electrons. The second kappa shape index (κ2) is 8.28. The Balaban J connectivity index is 1.34. The summed E-state index contributed by atoms with van der Waals surface area (Å²) in [6.45, 7) is 8.28. The first-order valence-corrected chi connectivity index (χ1v) is 11.0. The molecule has 3 heterocycles. The van der Waals surface area contributed by atoms with Crippen molar-refractivity contribution in [3.63, 3.8) is 0 Å². The number of para-hydroxylation sites is 2. The molecule has 1 aromatic heterocycles. The van der Waals surface area contributed by atoms with Gasteiger partial charge in [0.25, 0.3) is 0 Å². The summed E-state index contributed by atoms with van der Waals surface area (Å²) in [5.41, 5.74) is 1.53. The van der Waals surface area contributed by atoms with Crippen molar-refractivity contribution in [3.05, 3.63) is 30.1 Å². The maximum Gasteiger partial charge on any atom is 0.410 e. The van der Waals surface area contributed by atoms with Gasteiger partial charge in [-0.3, -0.25) is 4.79 Å². The Kier molecular flexibility index (Phi) is 5.71. The minimum absolute atomic E-state index is 0.0156. The van der Waals surface area contributed by atoms with Gasteiger partial charge in [-0.25, -0.2) is 9.78 Å². The molecule has 2 fully saturated rings. The largest absolute Gasteiger partial charge is 0.444 e. The van der Waals surface area contributed by atoms with Gasteiger partial charge in [0.05, 0.1) is 11.0 Å². The number of imidazole rings is 1. The zero-order valence-electron chi connectivity index (χ0n) is 18.2. The molecule has 4 rings (SSSR count). The number of ether oxygens (including phenoxy) is 1. The highest BCUT2D eigenvalue weighted by Crippen LogP contribution is 2.29. The van der Waals surface area contributed by atoms with Crippen LogP contribution < -0.4 is 0 Å². The lowest BCUT2D eigenvalue weighted by Gasteiger charge is -2.37. The summed E-state index contributed by atoms with van der Waals surface area (Å²) >= 11 is 0. The lowest BCUT2D eigenvalue weighted by Crippen LogP contribution is -2.47. The Morgan fingerprint density at radius 1 is 1.07 bits per heavy atom. The van der Waals surface area contributed by atoms with Crippen LogP contribution in [0.15, 0.2) is 24.3 Å². The van der Waals surface area contributed by atoms with Crippen molar-refractivity contribution >= 4 is 23.0 Å². The van der Waals surface area contributed by atoms with Gasteiger partial charge in [-0.1, -0.05) is 12.1 Å². The number of carbonyl (C=O) groups is 2. The molecule has 0 bridgehead atoms. The molecule has 2 aliphatic heterocycles. The minimum atomic E-state index is -0.497. The number of benzene rings is 1. The molecule has 0 radical (unpaired) electrons. The SMILES string of the molecule is CC(C)(C)OC(=O)N1CCC(C(=O)N2CCCC(c3nc4ccccc4[nH]3)C2)CC1. The zero-order chi connectivity index (χ0) is 21.3. The number of H-pyrrole nitrogens is 1. The van der Waals surface area contributed by atoms with E-state index in [-0.39, 0.29) is 23.8 Å². The number of fused-ring (bicyclic) bond motifs is 1. The van der Waals surface area contributed by atoms with Crippen LogP contribution in [-0.4, -0.2) is 63.5 Å². The number of nitrogens with zero attached hydrogens (tertiary/aromatic N) is 3. The predicted octanol–water partition coefficient (Wildman–Crippen LogP) is 3.92. The maximum atomic E-state index is 13.2. The highest BCUT2D eigenvalue weighted by Gasteiger charge is 2.34. The molecular formula is C23H32N4O3. The number of amides is 2. The number of rotatable bonds is 2. The van der Waals surface area contributed by atoms with Gasteiger partial charge in [0.15, 0.2) is 0 Å². The van der Waals surface area contributed by atoms with E-state index in [1.165, 1.54) is 0 Å². The average Bonchev–Trinajstić information content (AvgIpc) is 3.16. The predicted molar refractivity (Wildman–Crippen MR) is 115 cm³/mol. The van der Waals surface area contributed by atoms with Crippen molar-refractivity contribution in [2.75, 3.05) is 26.2 Å². The van der Waals surface area contributed by atoms with E-state index in [0.29, 0.717) is 32.5 Å². The van der Waals surface area contributed by atoms with Crippen molar-refractivity contribution in [2.24, 2.45) is 5.92 Å². The molecule has 2 saturated heterocycles. The fourth-order valence-electron chi connectivity index (χ4n) is 4.46. The molecule has 0 aliphatic carbocycles. The lowest BCUT2D eigenvalue weighted by molar-refractivity contribution is -0.138. The number of piperidine rings is 2. The molecular weight excluding hydrogens is 380 g/mol. The van der Waals surface area contributed by atoms with Gasteiger partial charge in [0.1, 0.15) is 11.4 Å². The summed E-state index contributed by atoms with van der Waals surface area (Å²) < 4.78 is 5.46. The lowest BCUT2D eigenvalue weighted by atomic mass is 9.92. The summed E-state index contributed by atoms with van der Waals surface area (Å²) in [5.74, 6) is 1.43. The molecule has 2 aromatic rings. The monoisotopic (exact) mass is 412 g/mol. The first-order chi connectivity index (χ1) is 14.3. The summed E-state index contributed by atoms with van der Waals surface area (Å²) in [7, 11) is 0. The van der Waals surface area contributed by atoms with Crippen LogP contribution in [0.2, 0.25) is 0 Å². The second-order valence-electron chi connectivity index (χ2n) is 9.50. The van der Waals surface area contributed by atoms with E-state index in [1.807, 2.05) is 49.9 Å². The van der Waals surface area contributed by atoms with Crippen LogP contribution in [-0.2, 0) is 9.53 Å². The Morgan fingerprint density at radius 3 is 2.50 bits per heavy atom. The van der Waals surface area contributed by atoms with Crippen molar-refractivity contribution in [3.8, 4) is 0 Å². The highest BCUT2D eigenvalue weighted by molar-refractivity contribution is 5.80. The van der Waals surface area contributed by atoms with Gasteiger partial charge >= 0.3 is 6.09 Å². The van der Waals surface area contributed by atoms with Gasteiger partial charge in [0.2, 0.25) is 5.91 Å². The number of carbonyl (C=O) groups excluding carboxylic acids is 2. The summed E-state index contributed by atoms with van der Waals surface area (Å²) in [5, 5.41) is 0. The van der Waals surface area contributed by atoms with Crippen LogP contribution in [0.25, 0.3) is 11.0 Å². The first kappa shape index (κ1) is 20.7.